The lowest BCUT2D eigenvalue weighted by molar-refractivity contribution is -0.129. The van der Waals surface area contributed by atoms with Gasteiger partial charge in [0.1, 0.15) is 0 Å². The molecule has 0 unspecified atom stereocenters. The van der Waals surface area contributed by atoms with E-state index in [1.54, 1.807) is 6.08 Å². The molecule has 0 aromatic heterocycles. The molecule has 1 aliphatic carbocycles. The Balaban J connectivity index is 1.75. The van der Waals surface area contributed by atoms with Crippen LogP contribution in [0, 0.1) is 0 Å². The van der Waals surface area contributed by atoms with Crippen molar-refractivity contribution in [2.75, 3.05) is 19.6 Å². The average molecular weight is 208 g/mol. The predicted molar refractivity (Wildman–Crippen MR) is 56.1 cm³/mol. The second kappa shape index (κ2) is 4.47. The summed E-state index contributed by atoms with van der Waals surface area (Å²) in [4.78, 5) is 24.5. The number of nitrogens with one attached hydrogen (secondary N) is 1. The van der Waals surface area contributed by atoms with Crippen LogP contribution in [-0.4, -0.2) is 36.2 Å². The second-order valence-corrected chi connectivity index (χ2v) is 4.08. The van der Waals surface area contributed by atoms with Crippen molar-refractivity contribution in [3.05, 3.63) is 11.8 Å². The van der Waals surface area contributed by atoms with Crippen LogP contribution < -0.4 is 5.32 Å². The molecular formula is C11H16N2O2. The third-order valence-electron chi connectivity index (χ3n) is 2.90. The Morgan fingerprint density at radius 1 is 1.33 bits per heavy atom. The van der Waals surface area contributed by atoms with Crippen molar-refractivity contribution in [2.45, 2.75) is 25.7 Å². The summed E-state index contributed by atoms with van der Waals surface area (Å²) in [6.45, 7) is 2.11. The van der Waals surface area contributed by atoms with Gasteiger partial charge in [-0.1, -0.05) is 0 Å². The molecule has 0 aromatic carbocycles. The van der Waals surface area contributed by atoms with Crippen molar-refractivity contribution in [1.82, 2.24) is 10.2 Å². The van der Waals surface area contributed by atoms with Gasteiger partial charge in [-0.05, 0) is 19.3 Å². The minimum absolute atomic E-state index is 0.146. The van der Waals surface area contributed by atoms with Crippen molar-refractivity contribution < 1.29 is 9.59 Å². The van der Waals surface area contributed by atoms with Crippen molar-refractivity contribution in [2.24, 2.45) is 0 Å². The van der Waals surface area contributed by atoms with Gasteiger partial charge in [0.2, 0.25) is 5.91 Å². The maximum absolute atomic E-state index is 11.6. The average Bonchev–Trinajstić information content (AvgIpc) is 2.84. The van der Waals surface area contributed by atoms with Gasteiger partial charge in [0, 0.05) is 31.3 Å². The number of allylic oxidation sites excluding steroid dienone is 2. The molecule has 0 radical (unpaired) electrons. The number of likely N-dealkylation sites (tertiary alicyclic amines) is 1. The zero-order valence-corrected chi connectivity index (χ0v) is 8.79. The van der Waals surface area contributed by atoms with Crippen LogP contribution >= 0.6 is 0 Å². The lowest BCUT2D eigenvalue weighted by Crippen LogP contribution is -2.35. The molecule has 0 bridgehead atoms. The van der Waals surface area contributed by atoms with Gasteiger partial charge >= 0.3 is 0 Å². The summed E-state index contributed by atoms with van der Waals surface area (Å²) in [6.07, 6.45) is 5.18. The first-order valence-electron chi connectivity index (χ1n) is 5.51. The molecule has 0 atom stereocenters. The van der Waals surface area contributed by atoms with Crippen LogP contribution in [0.2, 0.25) is 0 Å². The van der Waals surface area contributed by atoms with E-state index >= 15 is 0 Å². The van der Waals surface area contributed by atoms with Crippen LogP contribution in [0.4, 0.5) is 0 Å². The quantitative estimate of drug-likeness (QED) is 0.732. The molecule has 2 rings (SSSR count). The highest BCUT2D eigenvalue weighted by Crippen LogP contribution is 2.12. The molecular weight excluding hydrogens is 192 g/mol. The Bertz CT molecular complexity index is 304. The summed E-state index contributed by atoms with van der Waals surface area (Å²) < 4.78 is 0. The Morgan fingerprint density at radius 2 is 2.07 bits per heavy atom. The molecule has 82 valence electrons. The standard InChI is InChI=1S/C11H16N2O2/c14-10-4-3-9(7-10)12-8-11(15)13-5-1-2-6-13/h7,12H,1-6,8H2. The highest BCUT2D eigenvalue weighted by atomic mass is 16.2. The SMILES string of the molecule is O=C1C=C(NCC(=O)N2CCCC2)CC1. The van der Waals surface area contributed by atoms with E-state index in [1.165, 1.54) is 0 Å². The van der Waals surface area contributed by atoms with E-state index in [0.29, 0.717) is 13.0 Å². The van der Waals surface area contributed by atoms with Gasteiger partial charge in [0.25, 0.3) is 0 Å². The molecule has 4 heteroatoms. The number of carbonyl (C=O) groups excluding carboxylic acids is 2. The topological polar surface area (TPSA) is 49.4 Å². The fourth-order valence-electron chi connectivity index (χ4n) is 2.00. The summed E-state index contributed by atoms with van der Waals surface area (Å²) in [5.41, 5.74) is 0.910. The van der Waals surface area contributed by atoms with E-state index in [1.807, 2.05) is 4.90 Å². The van der Waals surface area contributed by atoms with E-state index in [0.717, 1.165) is 38.0 Å². The Labute approximate surface area is 89.3 Å². The zero-order valence-electron chi connectivity index (χ0n) is 8.79. The molecule has 1 heterocycles. The van der Waals surface area contributed by atoms with Crippen LogP contribution in [-0.2, 0) is 9.59 Å². The Morgan fingerprint density at radius 3 is 2.67 bits per heavy atom. The third kappa shape index (κ3) is 2.58. The molecule has 1 saturated heterocycles. The molecule has 4 nitrogen and oxygen atoms in total. The lowest BCUT2D eigenvalue weighted by atomic mass is 10.3. The number of hydrogen-bond acceptors (Lipinski definition) is 3. The van der Waals surface area contributed by atoms with E-state index in [-0.39, 0.29) is 11.7 Å². The smallest absolute Gasteiger partial charge is 0.241 e. The molecule has 1 aliphatic heterocycles. The van der Waals surface area contributed by atoms with E-state index in [9.17, 15) is 9.59 Å². The van der Waals surface area contributed by atoms with E-state index < -0.39 is 0 Å². The number of hydrogen-bond donors (Lipinski definition) is 1. The first kappa shape index (κ1) is 10.2. The minimum Gasteiger partial charge on any atom is -0.379 e. The highest BCUT2D eigenvalue weighted by Gasteiger charge is 2.18. The fraction of sp³-hybridized carbons (Fsp3) is 0.636. The number of carbonyl (C=O) groups is 2. The van der Waals surface area contributed by atoms with Crippen molar-refractivity contribution >= 4 is 11.7 Å². The van der Waals surface area contributed by atoms with Gasteiger partial charge in [0.15, 0.2) is 5.78 Å². The predicted octanol–water partition coefficient (Wildman–Crippen LogP) is 0.445. The zero-order chi connectivity index (χ0) is 10.7. The van der Waals surface area contributed by atoms with Crippen LogP contribution in [0.15, 0.2) is 11.8 Å². The van der Waals surface area contributed by atoms with Crippen LogP contribution in [0.5, 0.6) is 0 Å². The summed E-state index contributed by atoms with van der Waals surface area (Å²) in [5.74, 6) is 0.305. The summed E-state index contributed by atoms with van der Waals surface area (Å²) in [5, 5.41) is 3.04. The molecule has 0 spiro atoms. The Kier molecular flexibility index (Phi) is 3.04. The lowest BCUT2D eigenvalue weighted by Gasteiger charge is -2.16. The van der Waals surface area contributed by atoms with E-state index in [2.05, 4.69) is 5.32 Å². The van der Waals surface area contributed by atoms with E-state index in [4.69, 9.17) is 0 Å². The largest absolute Gasteiger partial charge is 0.379 e. The van der Waals surface area contributed by atoms with Crippen molar-refractivity contribution in [3.63, 3.8) is 0 Å². The fourth-order valence-corrected chi connectivity index (χ4v) is 2.00. The number of amides is 1. The molecule has 15 heavy (non-hydrogen) atoms. The second-order valence-electron chi connectivity index (χ2n) is 4.08. The summed E-state index contributed by atoms with van der Waals surface area (Å²) in [7, 11) is 0. The van der Waals surface area contributed by atoms with Crippen LogP contribution in [0.1, 0.15) is 25.7 Å². The third-order valence-corrected chi connectivity index (χ3v) is 2.90. The molecule has 1 amide bonds. The van der Waals surface area contributed by atoms with Crippen molar-refractivity contribution in [1.29, 1.82) is 0 Å². The molecule has 0 aromatic rings. The monoisotopic (exact) mass is 208 g/mol. The maximum atomic E-state index is 11.6. The van der Waals surface area contributed by atoms with Gasteiger partial charge < -0.3 is 10.2 Å². The normalized spacial score (nSPS) is 20.7. The highest BCUT2D eigenvalue weighted by molar-refractivity contribution is 5.93. The van der Waals surface area contributed by atoms with Crippen LogP contribution in [0.3, 0.4) is 0 Å². The van der Waals surface area contributed by atoms with Crippen molar-refractivity contribution in [3.8, 4) is 0 Å². The first-order chi connectivity index (χ1) is 7.25. The molecule has 0 saturated carbocycles. The maximum Gasteiger partial charge on any atom is 0.241 e. The molecule has 1 fully saturated rings. The van der Waals surface area contributed by atoms with Gasteiger partial charge in [-0.25, -0.2) is 0 Å². The van der Waals surface area contributed by atoms with Crippen LogP contribution in [0.25, 0.3) is 0 Å². The number of rotatable bonds is 3. The molecule has 2 aliphatic rings. The molecule has 1 N–H and O–H groups in total. The van der Waals surface area contributed by atoms with Gasteiger partial charge in [-0.15, -0.1) is 0 Å². The number of nitrogens with zero attached hydrogens (tertiary/aromatic N) is 1. The van der Waals surface area contributed by atoms with Gasteiger partial charge in [-0.2, -0.15) is 0 Å². The Hall–Kier alpha value is -1.32. The summed E-state index contributed by atoms with van der Waals surface area (Å²) in [6, 6.07) is 0. The summed E-state index contributed by atoms with van der Waals surface area (Å²) >= 11 is 0. The number of ketones is 1. The first-order valence-corrected chi connectivity index (χ1v) is 5.51. The minimum atomic E-state index is 0.146. The van der Waals surface area contributed by atoms with Gasteiger partial charge in [0.05, 0.1) is 6.54 Å². The van der Waals surface area contributed by atoms with Gasteiger partial charge in [-0.3, -0.25) is 9.59 Å².